The van der Waals surface area contributed by atoms with Crippen molar-refractivity contribution in [3.05, 3.63) is 16.1 Å². The van der Waals surface area contributed by atoms with Gasteiger partial charge in [-0.15, -0.1) is 11.3 Å². The number of aromatic nitrogens is 1. The molecule has 5 heteroatoms. The van der Waals surface area contributed by atoms with Gasteiger partial charge in [-0.05, 0) is 26.9 Å². The Morgan fingerprint density at radius 1 is 1.32 bits per heavy atom. The summed E-state index contributed by atoms with van der Waals surface area (Å²) in [5.74, 6) is 0.239. The van der Waals surface area contributed by atoms with Crippen LogP contribution in [0.4, 0.5) is 0 Å². The first-order valence-electron chi connectivity index (χ1n) is 7.01. The van der Waals surface area contributed by atoms with Crippen molar-refractivity contribution < 1.29 is 4.79 Å². The molecule has 19 heavy (non-hydrogen) atoms. The fourth-order valence-corrected chi connectivity index (χ4v) is 3.27. The zero-order chi connectivity index (χ0) is 13.7. The van der Waals surface area contributed by atoms with E-state index in [1.54, 1.807) is 11.3 Å². The molecular weight excluding hydrogens is 258 g/mol. The van der Waals surface area contributed by atoms with Crippen molar-refractivity contribution in [3.63, 3.8) is 0 Å². The van der Waals surface area contributed by atoms with Crippen LogP contribution in [0.15, 0.2) is 5.38 Å². The number of carbonyl (C=O) groups is 1. The maximum absolute atomic E-state index is 12.2. The van der Waals surface area contributed by atoms with Crippen LogP contribution in [0.1, 0.15) is 36.4 Å². The van der Waals surface area contributed by atoms with Crippen LogP contribution in [0, 0.1) is 0 Å². The monoisotopic (exact) mass is 281 g/mol. The first-order valence-corrected chi connectivity index (χ1v) is 7.89. The van der Waals surface area contributed by atoms with E-state index >= 15 is 0 Å². The van der Waals surface area contributed by atoms with Crippen molar-refractivity contribution in [2.24, 2.45) is 0 Å². The Morgan fingerprint density at radius 2 is 2.00 bits per heavy atom. The second-order valence-corrected chi connectivity index (χ2v) is 6.38. The Hall–Kier alpha value is -0.940. The first-order chi connectivity index (χ1) is 9.15. The molecule has 2 rings (SSSR count). The molecular formula is C14H23N3OS. The lowest BCUT2D eigenvalue weighted by atomic mass is 10.2. The van der Waals surface area contributed by atoms with E-state index in [0.29, 0.717) is 6.42 Å². The summed E-state index contributed by atoms with van der Waals surface area (Å²) in [4.78, 5) is 20.9. The molecule has 0 bridgehead atoms. The van der Waals surface area contributed by atoms with Gasteiger partial charge in [-0.1, -0.05) is 12.8 Å². The van der Waals surface area contributed by atoms with Gasteiger partial charge in [0.15, 0.2) is 0 Å². The molecule has 0 radical (unpaired) electrons. The highest BCUT2D eigenvalue weighted by Crippen LogP contribution is 2.14. The quantitative estimate of drug-likeness (QED) is 0.848. The Labute approximate surface area is 119 Å². The van der Waals surface area contributed by atoms with Gasteiger partial charge in [-0.2, -0.15) is 0 Å². The molecule has 0 saturated carbocycles. The van der Waals surface area contributed by atoms with E-state index in [1.165, 1.54) is 12.8 Å². The van der Waals surface area contributed by atoms with Crippen LogP contribution in [0.25, 0.3) is 0 Å². The highest BCUT2D eigenvalue weighted by Gasteiger charge is 2.17. The summed E-state index contributed by atoms with van der Waals surface area (Å²) < 4.78 is 0. The molecule has 1 aromatic rings. The summed E-state index contributed by atoms with van der Waals surface area (Å²) in [7, 11) is 4.06. The van der Waals surface area contributed by atoms with Gasteiger partial charge in [0.1, 0.15) is 5.01 Å². The van der Waals surface area contributed by atoms with E-state index in [4.69, 9.17) is 0 Å². The fourth-order valence-electron chi connectivity index (χ4n) is 2.36. The number of rotatable bonds is 4. The lowest BCUT2D eigenvalue weighted by molar-refractivity contribution is -0.130. The van der Waals surface area contributed by atoms with Gasteiger partial charge in [0, 0.05) is 25.0 Å². The minimum absolute atomic E-state index is 0.239. The van der Waals surface area contributed by atoms with Crippen LogP contribution in [-0.4, -0.2) is 47.9 Å². The standard InChI is InChI=1S/C14H23N3OS/c1-16(2)10-13-15-12(11-19-13)9-14(18)17-7-5-3-4-6-8-17/h11H,3-10H2,1-2H3. The van der Waals surface area contributed by atoms with E-state index in [1.807, 2.05) is 24.4 Å². The molecule has 0 spiro atoms. The van der Waals surface area contributed by atoms with Crippen LogP contribution in [0.3, 0.4) is 0 Å². The predicted octanol–water partition coefficient (Wildman–Crippen LogP) is 2.15. The number of thiazole rings is 1. The molecule has 1 aliphatic rings. The second-order valence-electron chi connectivity index (χ2n) is 5.44. The van der Waals surface area contributed by atoms with E-state index in [0.717, 1.165) is 43.2 Å². The zero-order valence-electron chi connectivity index (χ0n) is 11.9. The third-order valence-electron chi connectivity index (χ3n) is 3.34. The van der Waals surface area contributed by atoms with Crippen LogP contribution < -0.4 is 0 Å². The molecule has 1 fully saturated rings. The number of amides is 1. The van der Waals surface area contributed by atoms with Gasteiger partial charge in [0.05, 0.1) is 12.1 Å². The van der Waals surface area contributed by atoms with Crippen LogP contribution in [0.2, 0.25) is 0 Å². The van der Waals surface area contributed by atoms with Crippen molar-refractivity contribution in [2.75, 3.05) is 27.2 Å². The number of hydrogen-bond donors (Lipinski definition) is 0. The fraction of sp³-hybridized carbons (Fsp3) is 0.714. The Bertz CT molecular complexity index is 409. The molecule has 1 aliphatic heterocycles. The van der Waals surface area contributed by atoms with E-state index < -0.39 is 0 Å². The van der Waals surface area contributed by atoms with Gasteiger partial charge in [-0.3, -0.25) is 4.79 Å². The van der Waals surface area contributed by atoms with E-state index in [9.17, 15) is 4.79 Å². The van der Waals surface area contributed by atoms with Gasteiger partial charge in [0.25, 0.3) is 0 Å². The van der Waals surface area contributed by atoms with Crippen molar-refractivity contribution in [3.8, 4) is 0 Å². The molecule has 0 aliphatic carbocycles. The van der Waals surface area contributed by atoms with Crippen molar-refractivity contribution in [1.29, 1.82) is 0 Å². The summed E-state index contributed by atoms with van der Waals surface area (Å²) in [6.07, 6.45) is 5.27. The molecule has 0 N–H and O–H groups in total. The third kappa shape index (κ3) is 4.58. The minimum Gasteiger partial charge on any atom is -0.342 e. The normalized spacial score (nSPS) is 16.7. The largest absolute Gasteiger partial charge is 0.342 e. The van der Waals surface area contributed by atoms with Gasteiger partial charge >= 0.3 is 0 Å². The molecule has 1 aromatic heterocycles. The Morgan fingerprint density at radius 3 is 2.63 bits per heavy atom. The molecule has 0 unspecified atom stereocenters. The van der Waals surface area contributed by atoms with Gasteiger partial charge in [0.2, 0.25) is 5.91 Å². The summed E-state index contributed by atoms with van der Waals surface area (Å²) in [6.45, 7) is 2.70. The molecule has 4 nitrogen and oxygen atoms in total. The van der Waals surface area contributed by atoms with E-state index in [-0.39, 0.29) is 5.91 Å². The lowest BCUT2D eigenvalue weighted by Gasteiger charge is -2.19. The number of nitrogens with zero attached hydrogens (tertiary/aromatic N) is 3. The van der Waals surface area contributed by atoms with Crippen molar-refractivity contribution >= 4 is 17.2 Å². The smallest absolute Gasteiger partial charge is 0.228 e. The molecule has 0 atom stereocenters. The van der Waals surface area contributed by atoms with E-state index in [2.05, 4.69) is 9.88 Å². The topological polar surface area (TPSA) is 36.4 Å². The average Bonchev–Trinajstić information content (AvgIpc) is 2.64. The molecule has 0 aromatic carbocycles. The van der Waals surface area contributed by atoms with Crippen molar-refractivity contribution in [1.82, 2.24) is 14.8 Å². The lowest BCUT2D eigenvalue weighted by Crippen LogP contribution is -2.33. The minimum atomic E-state index is 0.239. The Kier molecular flexibility index (Phi) is 5.34. The summed E-state index contributed by atoms with van der Waals surface area (Å²) in [5, 5.41) is 3.11. The summed E-state index contributed by atoms with van der Waals surface area (Å²) in [5.41, 5.74) is 0.927. The van der Waals surface area contributed by atoms with Gasteiger partial charge in [-0.25, -0.2) is 4.98 Å². The Balaban J connectivity index is 1.88. The number of carbonyl (C=O) groups excluding carboxylic acids is 1. The molecule has 1 saturated heterocycles. The second kappa shape index (κ2) is 7.01. The highest BCUT2D eigenvalue weighted by molar-refractivity contribution is 7.09. The summed E-state index contributed by atoms with van der Waals surface area (Å²) in [6, 6.07) is 0. The van der Waals surface area contributed by atoms with Crippen LogP contribution in [-0.2, 0) is 17.8 Å². The van der Waals surface area contributed by atoms with Crippen molar-refractivity contribution in [2.45, 2.75) is 38.6 Å². The highest BCUT2D eigenvalue weighted by atomic mass is 32.1. The average molecular weight is 281 g/mol. The maximum atomic E-state index is 12.2. The van der Waals surface area contributed by atoms with Gasteiger partial charge < -0.3 is 9.80 Å². The molecule has 1 amide bonds. The molecule has 2 heterocycles. The maximum Gasteiger partial charge on any atom is 0.228 e. The van der Waals surface area contributed by atoms with Crippen LogP contribution >= 0.6 is 11.3 Å². The zero-order valence-corrected chi connectivity index (χ0v) is 12.7. The number of likely N-dealkylation sites (tertiary alicyclic amines) is 1. The SMILES string of the molecule is CN(C)Cc1nc(CC(=O)N2CCCCCC2)cs1. The summed E-state index contributed by atoms with van der Waals surface area (Å²) >= 11 is 1.65. The first kappa shape index (κ1) is 14.5. The number of hydrogen-bond acceptors (Lipinski definition) is 4. The predicted molar refractivity (Wildman–Crippen MR) is 78.3 cm³/mol. The molecule has 106 valence electrons. The third-order valence-corrected chi connectivity index (χ3v) is 4.22. The van der Waals surface area contributed by atoms with Crippen LogP contribution in [0.5, 0.6) is 0 Å².